The van der Waals surface area contributed by atoms with Gasteiger partial charge in [0.2, 0.25) is 0 Å². The molecule has 0 radical (unpaired) electrons. The molecular weight excluding hydrogens is 556 g/mol. The van der Waals surface area contributed by atoms with Crippen LogP contribution >= 0.6 is 0 Å². The van der Waals surface area contributed by atoms with Crippen LogP contribution in [0.25, 0.3) is 60.9 Å². The van der Waals surface area contributed by atoms with E-state index in [1.165, 1.54) is 60.9 Å². The second kappa shape index (κ2) is 13.0. The number of rotatable bonds is 6. The zero-order valence-electron chi connectivity index (χ0n) is 26.2. The lowest BCUT2D eigenvalue weighted by Crippen LogP contribution is -1.93. The van der Waals surface area contributed by atoms with Gasteiger partial charge in [-0.1, -0.05) is 129 Å². The molecule has 0 amide bonds. The molecule has 1 aromatic heterocycles. The third kappa shape index (κ3) is 5.69. The summed E-state index contributed by atoms with van der Waals surface area (Å²) < 4.78 is 2.35. The van der Waals surface area contributed by atoms with Crippen molar-refractivity contribution in [2.24, 2.45) is 0 Å². The summed E-state index contributed by atoms with van der Waals surface area (Å²) in [6.07, 6.45) is 0. The first kappa shape index (κ1) is 28.9. The lowest BCUT2D eigenvalue weighted by molar-refractivity contribution is 1.18. The van der Waals surface area contributed by atoms with Crippen LogP contribution in [0.5, 0.6) is 0 Å². The van der Waals surface area contributed by atoms with Crippen LogP contribution in [0.15, 0.2) is 176 Å². The van der Waals surface area contributed by atoms with Crippen molar-refractivity contribution in [1.82, 2.24) is 4.57 Å². The third-order valence-corrected chi connectivity index (χ3v) is 8.38. The molecule has 46 heavy (non-hydrogen) atoms. The van der Waals surface area contributed by atoms with Crippen molar-refractivity contribution in [3.8, 4) is 39.1 Å². The molecule has 0 atom stereocenters. The first-order chi connectivity index (χ1) is 22.8. The molecule has 0 saturated carbocycles. The van der Waals surface area contributed by atoms with E-state index in [0.29, 0.717) is 0 Å². The lowest BCUT2D eigenvalue weighted by Gasteiger charge is -2.10. The Bertz CT molecular complexity index is 2210. The van der Waals surface area contributed by atoms with Crippen molar-refractivity contribution >= 4 is 33.2 Å². The van der Waals surface area contributed by atoms with E-state index in [1.807, 2.05) is 13.8 Å². The molecule has 0 spiro atoms. The standard InChI is InChI=1S/C42H30N2.C2H6/c1-3-10-30(11-4-1)33-12-9-13-34(28-33)31-18-23-36(24-19-31)43-37-25-20-32(21-26-37)35-22-27-42-40(29-35)39-16-7-8-17-41(39)44(42)38-14-5-2-6-15-38;1-2/h1-29,43H;1-2H3. The summed E-state index contributed by atoms with van der Waals surface area (Å²) in [4.78, 5) is 0. The normalized spacial score (nSPS) is 10.8. The fourth-order valence-corrected chi connectivity index (χ4v) is 6.18. The van der Waals surface area contributed by atoms with Crippen LogP contribution in [-0.2, 0) is 0 Å². The lowest BCUT2D eigenvalue weighted by atomic mass is 9.99. The number of anilines is 2. The molecule has 222 valence electrons. The molecule has 8 aromatic rings. The molecule has 8 rings (SSSR count). The molecule has 0 aliphatic carbocycles. The van der Waals surface area contributed by atoms with E-state index in [0.717, 1.165) is 11.4 Å². The Hall–Kier alpha value is -5.86. The van der Waals surface area contributed by atoms with Crippen LogP contribution < -0.4 is 5.32 Å². The van der Waals surface area contributed by atoms with Crippen molar-refractivity contribution in [3.05, 3.63) is 176 Å². The third-order valence-electron chi connectivity index (χ3n) is 8.38. The monoisotopic (exact) mass is 592 g/mol. The highest BCUT2D eigenvalue weighted by Crippen LogP contribution is 2.35. The molecule has 7 aromatic carbocycles. The average Bonchev–Trinajstić information content (AvgIpc) is 3.48. The second-order valence-corrected chi connectivity index (χ2v) is 11.1. The van der Waals surface area contributed by atoms with Crippen molar-refractivity contribution in [3.63, 3.8) is 0 Å². The number of para-hydroxylation sites is 2. The number of nitrogens with one attached hydrogen (secondary N) is 1. The molecule has 0 aliphatic rings. The van der Waals surface area contributed by atoms with E-state index < -0.39 is 0 Å². The maximum Gasteiger partial charge on any atom is 0.0541 e. The van der Waals surface area contributed by atoms with Gasteiger partial charge in [0.25, 0.3) is 0 Å². The molecule has 2 nitrogen and oxygen atoms in total. The number of fused-ring (bicyclic) bond motifs is 3. The van der Waals surface area contributed by atoms with Crippen molar-refractivity contribution < 1.29 is 0 Å². The van der Waals surface area contributed by atoms with Crippen molar-refractivity contribution in [2.45, 2.75) is 13.8 Å². The first-order valence-electron chi connectivity index (χ1n) is 16.0. The molecule has 2 heteroatoms. The quantitative estimate of drug-likeness (QED) is 0.203. The minimum absolute atomic E-state index is 1.06. The SMILES string of the molecule is CC.c1ccc(-c2cccc(-c3ccc(Nc4ccc(-c5ccc6c(c5)c5ccccc5n6-c5ccccc5)cc4)cc3)c2)cc1. The van der Waals surface area contributed by atoms with Crippen LogP contribution in [0.1, 0.15) is 13.8 Å². The van der Waals surface area contributed by atoms with Crippen LogP contribution in [0.2, 0.25) is 0 Å². The molecule has 1 N–H and O–H groups in total. The summed E-state index contributed by atoms with van der Waals surface area (Å²) in [5.74, 6) is 0. The molecule has 0 saturated heterocycles. The van der Waals surface area contributed by atoms with E-state index >= 15 is 0 Å². The number of hydrogen-bond acceptors (Lipinski definition) is 1. The summed E-state index contributed by atoms with van der Waals surface area (Å²) in [5, 5.41) is 6.10. The second-order valence-electron chi connectivity index (χ2n) is 11.1. The largest absolute Gasteiger partial charge is 0.356 e. The fraction of sp³-hybridized carbons (Fsp3) is 0.0455. The van der Waals surface area contributed by atoms with Gasteiger partial charge in [0.15, 0.2) is 0 Å². The van der Waals surface area contributed by atoms with Gasteiger partial charge in [-0.2, -0.15) is 0 Å². The van der Waals surface area contributed by atoms with Crippen LogP contribution in [0, 0.1) is 0 Å². The molecule has 0 aliphatic heterocycles. The van der Waals surface area contributed by atoms with Crippen molar-refractivity contribution in [2.75, 3.05) is 5.32 Å². The zero-order valence-corrected chi connectivity index (χ0v) is 26.2. The average molecular weight is 593 g/mol. The number of hydrogen-bond donors (Lipinski definition) is 1. The Kier molecular flexibility index (Phi) is 8.17. The van der Waals surface area contributed by atoms with E-state index in [1.54, 1.807) is 0 Å². The Morgan fingerprint density at radius 1 is 0.348 bits per heavy atom. The fourth-order valence-electron chi connectivity index (χ4n) is 6.18. The first-order valence-corrected chi connectivity index (χ1v) is 16.0. The van der Waals surface area contributed by atoms with Gasteiger partial charge in [0, 0.05) is 27.8 Å². The van der Waals surface area contributed by atoms with E-state index in [9.17, 15) is 0 Å². The summed E-state index contributed by atoms with van der Waals surface area (Å²) in [7, 11) is 0. The van der Waals surface area contributed by atoms with Crippen LogP contribution in [0.3, 0.4) is 0 Å². The minimum atomic E-state index is 1.06. The maximum absolute atomic E-state index is 3.57. The summed E-state index contributed by atoms with van der Waals surface area (Å²) >= 11 is 0. The zero-order chi connectivity index (χ0) is 31.3. The van der Waals surface area contributed by atoms with Crippen LogP contribution in [-0.4, -0.2) is 4.57 Å². The highest BCUT2D eigenvalue weighted by Gasteiger charge is 2.13. The number of nitrogens with zero attached hydrogens (tertiary/aromatic N) is 1. The summed E-state index contributed by atoms with van der Waals surface area (Å²) in [6.45, 7) is 4.00. The van der Waals surface area contributed by atoms with Gasteiger partial charge in [-0.3, -0.25) is 0 Å². The molecular formula is C44H36N2. The molecule has 0 unspecified atom stereocenters. The molecule has 0 bridgehead atoms. The van der Waals surface area contributed by atoms with Crippen LogP contribution in [0.4, 0.5) is 11.4 Å². The highest BCUT2D eigenvalue weighted by atomic mass is 15.0. The van der Waals surface area contributed by atoms with E-state index in [2.05, 4.69) is 186 Å². The molecule has 1 heterocycles. The van der Waals surface area contributed by atoms with Gasteiger partial charge in [0.1, 0.15) is 0 Å². The van der Waals surface area contributed by atoms with E-state index in [-0.39, 0.29) is 0 Å². The Morgan fingerprint density at radius 3 is 1.43 bits per heavy atom. The Labute approximate surface area is 271 Å². The van der Waals surface area contributed by atoms with Gasteiger partial charge in [0.05, 0.1) is 11.0 Å². The predicted octanol–water partition coefficient (Wildman–Crippen LogP) is 12.6. The number of benzene rings is 7. The summed E-state index contributed by atoms with van der Waals surface area (Å²) in [5.41, 5.74) is 13.0. The Balaban J connectivity index is 0.00000166. The van der Waals surface area contributed by atoms with Crippen molar-refractivity contribution in [1.29, 1.82) is 0 Å². The highest BCUT2D eigenvalue weighted by molar-refractivity contribution is 6.10. The van der Waals surface area contributed by atoms with Gasteiger partial charge in [-0.05, 0) is 94.0 Å². The summed E-state index contributed by atoms with van der Waals surface area (Å²) in [6, 6.07) is 62.7. The van der Waals surface area contributed by atoms with Gasteiger partial charge < -0.3 is 9.88 Å². The Morgan fingerprint density at radius 2 is 0.804 bits per heavy atom. The van der Waals surface area contributed by atoms with Gasteiger partial charge in [-0.25, -0.2) is 0 Å². The maximum atomic E-state index is 3.57. The molecule has 0 fully saturated rings. The predicted molar refractivity (Wildman–Crippen MR) is 198 cm³/mol. The van der Waals surface area contributed by atoms with Gasteiger partial charge in [-0.15, -0.1) is 0 Å². The van der Waals surface area contributed by atoms with E-state index in [4.69, 9.17) is 0 Å². The van der Waals surface area contributed by atoms with Gasteiger partial charge >= 0.3 is 0 Å². The number of aromatic nitrogens is 1. The topological polar surface area (TPSA) is 17.0 Å². The smallest absolute Gasteiger partial charge is 0.0541 e. The minimum Gasteiger partial charge on any atom is -0.356 e.